The third-order valence-corrected chi connectivity index (χ3v) is 5.25. The van der Waals surface area contributed by atoms with Gasteiger partial charge in [-0.15, -0.1) is 0 Å². The van der Waals surface area contributed by atoms with Crippen LogP contribution in [0.1, 0.15) is 34.5 Å². The summed E-state index contributed by atoms with van der Waals surface area (Å²) in [6, 6.07) is 10.8. The molecule has 0 aliphatic carbocycles. The van der Waals surface area contributed by atoms with Gasteiger partial charge in [0.1, 0.15) is 5.56 Å². The number of nitrogens with zero attached hydrogens (tertiary/aromatic N) is 4. The van der Waals surface area contributed by atoms with Gasteiger partial charge in [-0.05, 0) is 25.3 Å². The zero-order valence-electron chi connectivity index (χ0n) is 16.1. The highest BCUT2D eigenvalue weighted by molar-refractivity contribution is 5.97. The van der Waals surface area contributed by atoms with E-state index in [2.05, 4.69) is 34.3 Å². The fourth-order valence-electron chi connectivity index (χ4n) is 3.77. The van der Waals surface area contributed by atoms with Gasteiger partial charge in [-0.2, -0.15) is 5.10 Å². The van der Waals surface area contributed by atoms with Crippen molar-refractivity contribution in [1.82, 2.24) is 19.6 Å². The number of ether oxygens (including phenoxy) is 1. The summed E-state index contributed by atoms with van der Waals surface area (Å²) >= 11 is 0. The van der Waals surface area contributed by atoms with E-state index in [4.69, 9.17) is 4.74 Å². The third-order valence-electron chi connectivity index (χ3n) is 5.25. The average Bonchev–Trinajstić information content (AvgIpc) is 2.95. The first-order valence-corrected chi connectivity index (χ1v) is 9.12. The average molecular weight is 356 g/mol. The first kappa shape index (κ1) is 18.5. The van der Waals surface area contributed by atoms with Gasteiger partial charge in [0.2, 0.25) is 5.88 Å². The highest BCUT2D eigenvalue weighted by Gasteiger charge is 2.30. The third kappa shape index (κ3) is 3.75. The van der Waals surface area contributed by atoms with Gasteiger partial charge in [-0.3, -0.25) is 9.69 Å². The molecule has 2 heterocycles. The van der Waals surface area contributed by atoms with Crippen LogP contribution in [0.3, 0.4) is 0 Å². The molecule has 0 saturated carbocycles. The number of hydrogen-bond acceptors (Lipinski definition) is 4. The maximum Gasteiger partial charge on any atom is 0.261 e. The van der Waals surface area contributed by atoms with Crippen LogP contribution in [0, 0.1) is 6.92 Å². The lowest BCUT2D eigenvalue weighted by Gasteiger charge is -2.36. The van der Waals surface area contributed by atoms with E-state index in [1.54, 1.807) is 18.8 Å². The number of amides is 1. The summed E-state index contributed by atoms with van der Waals surface area (Å²) in [6.45, 7) is 4.83. The lowest BCUT2D eigenvalue weighted by atomic mass is 10.0. The topological polar surface area (TPSA) is 50.6 Å². The second kappa shape index (κ2) is 7.91. The van der Waals surface area contributed by atoms with Crippen LogP contribution in [0.4, 0.5) is 0 Å². The number of piperidine rings is 1. The summed E-state index contributed by atoms with van der Waals surface area (Å²) in [7, 11) is 5.27. The van der Waals surface area contributed by atoms with Gasteiger partial charge in [0.05, 0.1) is 12.8 Å². The Kier molecular flexibility index (Phi) is 5.61. The predicted octanol–water partition coefficient (Wildman–Crippen LogP) is 2.47. The van der Waals surface area contributed by atoms with Gasteiger partial charge in [0, 0.05) is 39.8 Å². The first-order valence-electron chi connectivity index (χ1n) is 9.12. The van der Waals surface area contributed by atoms with Crippen LogP contribution >= 0.6 is 0 Å². The Morgan fingerprint density at radius 1 is 1.27 bits per heavy atom. The molecular formula is C20H28N4O2. The molecule has 1 aliphatic heterocycles. The molecule has 1 amide bonds. The minimum Gasteiger partial charge on any atom is -0.481 e. The van der Waals surface area contributed by atoms with E-state index >= 15 is 0 Å². The molecule has 3 rings (SSSR count). The molecule has 0 unspecified atom stereocenters. The van der Waals surface area contributed by atoms with E-state index in [0.717, 1.165) is 32.5 Å². The van der Waals surface area contributed by atoms with Crippen LogP contribution in [0.2, 0.25) is 0 Å². The zero-order chi connectivity index (χ0) is 18.7. The second-order valence-electron chi connectivity index (χ2n) is 7.00. The highest BCUT2D eigenvalue weighted by atomic mass is 16.5. The number of aromatic nitrogens is 2. The molecule has 0 atom stereocenters. The standard InChI is InChI=1S/C20H28N4O2/c1-15-18(20(26-4)23(3)21-15)19(25)22(2)17-10-12-24(13-11-17)14-16-8-6-5-7-9-16/h5-9,17H,10-14H2,1-4H3. The Morgan fingerprint density at radius 3 is 2.54 bits per heavy atom. The van der Waals surface area contributed by atoms with E-state index in [0.29, 0.717) is 17.1 Å². The van der Waals surface area contributed by atoms with Crippen molar-refractivity contribution in [3.63, 3.8) is 0 Å². The number of likely N-dealkylation sites (tertiary alicyclic amines) is 1. The lowest BCUT2D eigenvalue weighted by Crippen LogP contribution is -2.45. The van der Waals surface area contributed by atoms with E-state index in [9.17, 15) is 4.79 Å². The Labute approximate surface area is 155 Å². The van der Waals surface area contributed by atoms with Crippen molar-refractivity contribution < 1.29 is 9.53 Å². The largest absolute Gasteiger partial charge is 0.481 e. The Morgan fingerprint density at radius 2 is 1.92 bits per heavy atom. The van der Waals surface area contributed by atoms with Gasteiger partial charge in [-0.1, -0.05) is 30.3 Å². The van der Waals surface area contributed by atoms with Crippen LogP contribution in [0.15, 0.2) is 30.3 Å². The van der Waals surface area contributed by atoms with Gasteiger partial charge in [0.25, 0.3) is 5.91 Å². The van der Waals surface area contributed by atoms with E-state index in [1.165, 1.54) is 5.56 Å². The molecule has 0 radical (unpaired) electrons. The van der Waals surface area contributed by atoms with Crippen LogP contribution < -0.4 is 4.74 Å². The van der Waals surface area contributed by atoms with Crippen molar-refractivity contribution in [2.24, 2.45) is 7.05 Å². The SMILES string of the molecule is COc1c(C(=O)N(C)C2CCN(Cc3ccccc3)CC2)c(C)nn1C. The Bertz CT molecular complexity index is 749. The van der Waals surface area contributed by atoms with Crippen molar-refractivity contribution in [2.75, 3.05) is 27.2 Å². The van der Waals surface area contributed by atoms with Crippen molar-refractivity contribution in [3.8, 4) is 5.88 Å². The molecule has 0 spiro atoms. The first-order chi connectivity index (χ1) is 12.5. The Hall–Kier alpha value is -2.34. The molecule has 0 N–H and O–H groups in total. The predicted molar refractivity (Wildman–Crippen MR) is 101 cm³/mol. The number of benzene rings is 1. The maximum atomic E-state index is 13.0. The molecular weight excluding hydrogens is 328 g/mol. The summed E-state index contributed by atoms with van der Waals surface area (Å²) in [4.78, 5) is 17.3. The molecule has 0 bridgehead atoms. The second-order valence-corrected chi connectivity index (χ2v) is 7.00. The molecule has 1 aromatic carbocycles. The van der Waals surface area contributed by atoms with Gasteiger partial charge in [0.15, 0.2) is 0 Å². The number of carbonyl (C=O) groups excluding carboxylic acids is 1. The van der Waals surface area contributed by atoms with Crippen LogP contribution in [-0.4, -0.2) is 58.8 Å². The van der Waals surface area contributed by atoms with Crippen LogP contribution in [0.5, 0.6) is 5.88 Å². The number of carbonyl (C=O) groups is 1. The van der Waals surface area contributed by atoms with Gasteiger partial charge >= 0.3 is 0 Å². The minimum atomic E-state index is -0.00559. The number of aryl methyl sites for hydroxylation is 2. The van der Waals surface area contributed by atoms with Gasteiger partial charge in [-0.25, -0.2) is 4.68 Å². The summed E-state index contributed by atoms with van der Waals surface area (Å²) < 4.78 is 7.01. The Balaban J connectivity index is 1.61. The summed E-state index contributed by atoms with van der Waals surface area (Å²) in [6.07, 6.45) is 1.97. The van der Waals surface area contributed by atoms with Crippen molar-refractivity contribution in [3.05, 3.63) is 47.2 Å². The zero-order valence-corrected chi connectivity index (χ0v) is 16.1. The van der Waals surface area contributed by atoms with Crippen molar-refractivity contribution in [1.29, 1.82) is 0 Å². The molecule has 1 fully saturated rings. The molecule has 1 aromatic heterocycles. The normalized spacial score (nSPS) is 15.8. The summed E-state index contributed by atoms with van der Waals surface area (Å²) in [5.41, 5.74) is 2.62. The molecule has 1 aliphatic rings. The summed E-state index contributed by atoms with van der Waals surface area (Å²) in [5.74, 6) is 0.523. The molecule has 6 nitrogen and oxygen atoms in total. The molecule has 2 aromatic rings. The minimum absolute atomic E-state index is 0.00559. The quantitative estimate of drug-likeness (QED) is 0.826. The fourth-order valence-corrected chi connectivity index (χ4v) is 3.77. The number of rotatable bonds is 5. The number of methoxy groups -OCH3 is 1. The van der Waals surface area contributed by atoms with Crippen molar-refractivity contribution in [2.45, 2.75) is 32.4 Å². The molecule has 1 saturated heterocycles. The molecule has 140 valence electrons. The van der Waals surface area contributed by atoms with E-state index in [1.807, 2.05) is 24.9 Å². The monoisotopic (exact) mass is 356 g/mol. The smallest absolute Gasteiger partial charge is 0.261 e. The maximum absolute atomic E-state index is 13.0. The lowest BCUT2D eigenvalue weighted by molar-refractivity contribution is 0.0632. The highest BCUT2D eigenvalue weighted by Crippen LogP contribution is 2.25. The summed E-state index contributed by atoms with van der Waals surface area (Å²) in [5, 5.41) is 4.33. The van der Waals surface area contributed by atoms with E-state index in [-0.39, 0.29) is 11.9 Å². The fraction of sp³-hybridized carbons (Fsp3) is 0.500. The number of hydrogen-bond donors (Lipinski definition) is 0. The van der Waals surface area contributed by atoms with Crippen LogP contribution in [-0.2, 0) is 13.6 Å². The molecule has 6 heteroatoms. The van der Waals surface area contributed by atoms with Gasteiger partial charge < -0.3 is 9.64 Å². The molecule has 26 heavy (non-hydrogen) atoms. The van der Waals surface area contributed by atoms with Crippen molar-refractivity contribution >= 4 is 5.91 Å². The van der Waals surface area contributed by atoms with E-state index < -0.39 is 0 Å². The van der Waals surface area contributed by atoms with Crippen LogP contribution in [0.25, 0.3) is 0 Å².